The summed E-state index contributed by atoms with van der Waals surface area (Å²) in [6, 6.07) is 9.22. The summed E-state index contributed by atoms with van der Waals surface area (Å²) < 4.78 is 27.5. The molecule has 2 aromatic rings. The van der Waals surface area contributed by atoms with Crippen LogP contribution in [0.5, 0.6) is 0 Å². The number of hydrogen-bond acceptors (Lipinski definition) is 4. The topological polar surface area (TPSA) is 37.4 Å². The number of halogens is 1. The number of thiophene rings is 1. The van der Waals surface area contributed by atoms with Crippen LogP contribution >= 0.6 is 34.7 Å². The van der Waals surface area contributed by atoms with E-state index in [1.54, 1.807) is 33.8 Å². The molecule has 0 bridgehead atoms. The van der Waals surface area contributed by atoms with E-state index in [0.717, 1.165) is 17.7 Å². The second-order valence-electron chi connectivity index (χ2n) is 5.48. The highest BCUT2D eigenvalue weighted by molar-refractivity contribution is 7.99. The Balaban J connectivity index is 1.82. The van der Waals surface area contributed by atoms with Crippen molar-refractivity contribution in [1.82, 2.24) is 4.31 Å². The van der Waals surface area contributed by atoms with Crippen LogP contribution in [-0.4, -0.2) is 31.6 Å². The summed E-state index contributed by atoms with van der Waals surface area (Å²) >= 11 is 9.58. The van der Waals surface area contributed by atoms with E-state index < -0.39 is 10.0 Å². The van der Waals surface area contributed by atoms with Crippen molar-refractivity contribution in [2.24, 2.45) is 0 Å². The molecule has 0 aliphatic carbocycles. The monoisotopic (exact) mass is 387 g/mol. The summed E-state index contributed by atoms with van der Waals surface area (Å²) in [7, 11) is -3.49. The van der Waals surface area contributed by atoms with E-state index in [-0.39, 0.29) is 0 Å². The van der Waals surface area contributed by atoms with Gasteiger partial charge in [-0.2, -0.15) is 16.1 Å². The normalized spacial score (nSPS) is 20.3. The minimum absolute atomic E-state index is 0.324. The first-order chi connectivity index (χ1) is 11.0. The van der Waals surface area contributed by atoms with Gasteiger partial charge in [0.15, 0.2) is 0 Å². The Bertz CT molecular complexity index is 775. The molecule has 0 amide bonds. The summed E-state index contributed by atoms with van der Waals surface area (Å²) in [4.78, 5) is 1.65. The van der Waals surface area contributed by atoms with Gasteiger partial charge in [0.25, 0.3) is 0 Å². The number of aryl methyl sites for hydroxylation is 1. The van der Waals surface area contributed by atoms with Crippen LogP contribution in [0.1, 0.15) is 22.1 Å². The lowest BCUT2D eigenvalue weighted by Gasteiger charge is -2.21. The Morgan fingerprint density at radius 1 is 1.26 bits per heavy atom. The molecule has 1 unspecified atom stereocenters. The summed E-state index contributed by atoms with van der Waals surface area (Å²) in [6.45, 7) is 2.90. The Morgan fingerprint density at radius 2 is 2.09 bits per heavy atom. The number of hydrogen-bond donors (Lipinski definition) is 0. The van der Waals surface area contributed by atoms with Gasteiger partial charge in [0.1, 0.15) is 0 Å². The van der Waals surface area contributed by atoms with Crippen LogP contribution in [-0.2, 0) is 10.0 Å². The minimum Gasteiger partial charge on any atom is -0.207 e. The number of sulfonamides is 1. The quantitative estimate of drug-likeness (QED) is 0.773. The van der Waals surface area contributed by atoms with Crippen LogP contribution in [0.15, 0.2) is 40.6 Å². The standard InChI is InChI=1S/C16H18ClNO2S3/c1-12-4-5-13(17)11-16(12)23(19,20)18-7-6-15(22-10-8-18)14-3-2-9-21-14/h2-5,9,11,15H,6-8,10H2,1H3. The molecule has 23 heavy (non-hydrogen) atoms. The third-order valence-corrected chi connectivity index (χ3v) is 8.65. The molecule has 3 rings (SSSR count). The van der Waals surface area contributed by atoms with Gasteiger partial charge in [-0.15, -0.1) is 11.3 Å². The van der Waals surface area contributed by atoms with Gasteiger partial charge in [0.05, 0.1) is 4.90 Å². The van der Waals surface area contributed by atoms with Crippen molar-refractivity contribution < 1.29 is 8.42 Å². The molecule has 1 aromatic heterocycles. The highest BCUT2D eigenvalue weighted by Crippen LogP contribution is 2.38. The largest absolute Gasteiger partial charge is 0.243 e. The van der Waals surface area contributed by atoms with Crippen molar-refractivity contribution in [3.8, 4) is 0 Å². The summed E-state index contributed by atoms with van der Waals surface area (Å²) in [5.41, 5.74) is 0.737. The van der Waals surface area contributed by atoms with Crippen LogP contribution in [0.4, 0.5) is 0 Å². The zero-order valence-electron chi connectivity index (χ0n) is 12.7. The van der Waals surface area contributed by atoms with Gasteiger partial charge < -0.3 is 0 Å². The number of rotatable bonds is 3. The van der Waals surface area contributed by atoms with Crippen molar-refractivity contribution >= 4 is 44.7 Å². The summed E-state index contributed by atoms with van der Waals surface area (Å²) in [5.74, 6) is 0.807. The number of nitrogens with zero attached hydrogens (tertiary/aromatic N) is 1. The maximum Gasteiger partial charge on any atom is 0.243 e. The molecular formula is C16H18ClNO2S3. The fraction of sp³-hybridized carbons (Fsp3) is 0.375. The van der Waals surface area contributed by atoms with Crippen LogP contribution in [0.25, 0.3) is 0 Å². The zero-order valence-corrected chi connectivity index (χ0v) is 15.9. The van der Waals surface area contributed by atoms with Crippen LogP contribution < -0.4 is 0 Å². The molecule has 1 aliphatic rings. The second kappa shape index (κ2) is 7.15. The summed E-state index contributed by atoms with van der Waals surface area (Å²) in [6.07, 6.45) is 0.837. The maximum absolute atomic E-state index is 13.0. The van der Waals surface area contributed by atoms with Crippen LogP contribution in [0.3, 0.4) is 0 Å². The van der Waals surface area contributed by atoms with E-state index in [4.69, 9.17) is 11.6 Å². The lowest BCUT2D eigenvalue weighted by molar-refractivity contribution is 0.428. The predicted molar refractivity (Wildman–Crippen MR) is 99.1 cm³/mol. The number of thioether (sulfide) groups is 1. The van der Waals surface area contributed by atoms with Gasteiger partial charge in [-0.05, 0) is 42.5 Å². The Morgan fingerprint density at radius 3 is 2.83 bits per heavy atom. The summed E-state index contributed by atoms with van der Waals surface area (Å²) in [5, 5.41) is 2.91. The molecule has 0 N–H and O–H groups in total. The first-order valence-corrected chi connectivity index (χ1v) is 11.1. The van der Waals surface area contributed by atoms with E-state index in [2.05, 4.69) is 17.5 Å². The average Bonchev–Trinajstić information content (AvgIpc) is 2.93. The molecule has 2 heterocycles. The van der Waals surface area contributed by atoms with Crippen LogP contribution in [0.2, 0.25) is 5.02 Å². The molecule has 1 saturated heterocycles. The van der Waals surface area contributed by atoms with Crippen molar-refractivity contribution in [3.63, 3.8) is 0 Å². The van der Waals surface area contributed by atoms with Crippen molar-refractivity contribution in [3.05, 3.63) is 51.2 Å². The van der Waals surface area contributed by atoms with Gasteiger partial charge in [0.2, 0.25) is 10.0 Å². The molecule has 1 fully saturated rings. The highest BCUT2D eigenvalue weighted by atomic mass is 35.5. The smallest absolute Gasteiger partial charge is 0.207 e. The first-order valence-electron chi connectivity index (χ1n) is 7.40. The van der Waals surface area contributed by atoms with Crippen molar-refractivity contribution in [2.45, 2.75) is 23.5 Å². The van der Waals surface area contributed by atoms with E-state index >= 15 is 0 Å². The third-order valence-electron chi connectivity index (χ3n) is 3.93. The molecule has 7 heteroatoms. The van der Waals surface area contributed by atoms with E-state index in [9.17, 15) is 8.42 Å². The fourth-order valence-corrected chi connectivity index (χ4v) is 6.98. The van der Waals surface area contributed by atoms with Crippen molar-refractivity contribution in [2.75, 3.05) is 18.8 Å². The van der Waals surface area contributed by atoms with E-state index in [1.165, 1.54) is 4.88 Å². The van der Waals surface area contributed by atoms with Crippen molar-refractivity contribution in [1.29, 1.82) is 0 Å². The molecule has 1 atom stereocenters. The lowest BCUT2D eigenvalue weighted by Crippen LogP contribution is -2.33. The van der Waals surface area contributed by atoms with Crippen LogP contribution in [0, 0.1) is 6.92 Å². The molecule has 0 saturated carbocycles. The molecule has 0 radical (unpaired) electrons. The number of benzene rings is 1. The molecule has 1 aliphatic heterocycles. The first kappa shape index (κ1) is 17.3. The van der Waals surface area contributed by atoms with Gasteiger partial charge in [-0.1, -0.05) is 23.7 Å². The Labute approximate surface area is 150 Å². The molecular weight excluding hydrogens is 370 g/mol. The molecule has 3 nitrogen and oxygen atoms in total. The molecule has 1 aromatic carbocycles. The predicted octanol–water partition coefficient (Wildman–Crippen LogP) is 4.58. The van der Waals surface area contributed by atoms with Gasteiger partial charge >= 0.3 is 0 Å². The SMILES string of the molecule is Cc1ccc(Cl)cc1S(=O)(=O)N1CCSC(c2cccs2)CC1. The van der Waals surface area contributed by atoms with E-state index in [1.807, 2.05) is 18.7 Å². The Kier molecular flexibility index (Phi) is 5.38. The van der Waals surface area contributed by atoms with Gasteiger partial charge in [0, 0.05) is 34.0 Å². The average molecular weight is 388 g/mol. The molecule has 0 spiro atoms. The molecule has 124 valence electrons. The zero-order chi connectivity index (χ0) is 16.4. The van der Waals surface area contributed by atoms with Gasteiger partial charge in [-0.3, -0.25) is 0 Å². The minimum atomic E-state index is -3.49. The maximum atomic E-state index is 13.0. The highest BCUT2D eigenvalue weighted by Gasteiger charge is 2.29. The second-order valence-corrected chi connectivity index (χ2v) is 10.1. The van der Waals surface area contributed by atoms with E-state index in [0.29, 0.717) is 28.3 Å². The lowest BCUT2D eigenvalue weighted by atomic mass is 10.2. The fourth-order valence-electron chi connectivity index (χ4n) is 2.68. The third kappa shape index (κ3) is 3.77. The Hall–Kier alpha value is -0.530. The van der Waals surface area contributed by atoms with Gasteiger partial charge in [-0.25, -0.2) is 8.42 Å².